The van der Waals surface area contributed by atoms with E-state index in [1.807, 2.05) is 0 Å². The Morgan fingerprint density at radius 1 is 1.00 bits per heavy atom. The molecular weight excluding hydrogens is 506 g/mol. The van der Waals surface area contributed by atoms with Gasteiger partial charge in [0.05, 0.1) is 36.7 Å². The quantitative estimate of drug-likeness (QED) is 0.134. The predicted molar refractivity (Wildman–Crippen MR) is 159 cm³/mol. The summed E-state index contributed by atoms with van der Waals surface area (Å²) in [6.45, 7) is 6.13. The van der Waals surface area contributed by atoms with Crippen LogP contribution in [0.15, 0.2) is 0 Å². The molecule has 1 heterocycles. The highest BCUT2D eigenvalue weighted by molar-refractivity contribution is 5.07. The number of piperidine rings is 1. The first-order valence-electron chi connectivity index (χ1n) is 16.3. The third kappa shape index (κ3) is 11.9. The van der Waals surface area contributed by atoms with Crippen molar-refractivity contribution in [1.29, 1.82) is 0 Å². The van der Waals surface area contributed by atoms with Gasteiger partial charge in [-0.2, -0.15) is 0 Å². The summed E-state index contributed by atoms with van der Waals surface area (Å²) in [7, 11) is 0. The Hall–Kier alpha value is -0.760. The Labute approximate surface area is 243 Å². The van der Waals surface area contributed by atoms with Crippen LogP contribution in [0, 0.1) is 35.5 Å². The summed E-state index contributed by atoms with van der Waals surface area (Å²) in [5, 5.41) is 49.2. The van der Waals surface area contributed by atoms with Crippen molar-refractivity contribution >= 4 is 0 Å². The van der Waals surface area contributed by atoms with Crippen LogP contribution in [0.3, 0.4) is 0 Å². The molecule has 1 saturated carbocycles. The molecule has 3 aliphatic rings. The highest BCUT2D eigenvalue weighted by atomic mass is 16.5. The van der Waals surface area contributed by atoms with Gasteiger partial charge in [0.1, 0.15) is 0 Å². The fraction of sp³-hybridized carbons (Fsp3) is 0.938. The summed E-state index contributed by atoms with van der Waals surface area (Å²) in [5.74, 6) is 7.78. The van der Waals surface area contributed by atoms with Gasteiger partial charge in [-0.05, 0) is 109 Å². The molecule has 8 N–H and O–H groups in total. The van der Waals surface area contributed by atoms with Gasteiger partial charge in [-0.1, -0.05) is 12.8 Å². The minimum atomic E-state index is -0.602. The lowest BCUT2D eigenvalue weighted by molar-refractivity contribution is -0.0755. The van der Waals surface area contributed by atoms with Gasteiger partial charge >= 0.3 is 0 Å². The van der Waals surface area contributed by atoms with Gasteiger partial charge in [0.15, 0.2) is 0 Å². The molecule has 0 aromatic heterocycles. The van der Waals surface area contributed by atoms with Crippen LogP contribution < -0.4 is 16.4 Å². The molecule has 0 aromatic rings. The maximum Gasteiger partial charge on any atom is 0.0836 e. The maximum absolute atomic E-state index is 11.2. The molecule has 40 heavy (non-hydrogen) atoms. The van der Waals surface area contributed by atoms with E-state index in [0.717, 1.165) is 70.8 Å². The summed E-state index contributed by atoms with van der Waals surface area (Å²) in [6, 6.07) is 0.197. The number of hydrogen-bond donors (Lipinski definition) is 7. The van der Waals surface area contributed by atoms with Crippen molar-refractivity contribution in [3.63, 3.8) is 0 Å². The van der Waals surface area contributed by atoms with Crippen LogP contribution in [0.5, 0.6) is 0 Å². The van der Waals surface area contributed by atoms with Gasteiger partial charge in [-0.15, -0.1) is 5.92 Å². The van der Waals surface area contributed by atoms with Gasteiger partial charge in [0.25, 0.3) is 0 Å². The van der Waals surface area contributed by atoms with Gasteiger partial charge in [-0.25, -0.2) is 0 Å². The first-order valence-corrected chi connectivity index (χ1v) is 16.3. The standard InChI is InChI=1S/C32H59N3O5/c1-3-23-6-4-8-27(29(38)14-11-26(18-23)35-21-22(2)36)28(37)12-9-25-10-13-30(39)31(19-25)40-17-5-7-24-15-16-34-32(33)20-24/h22-32,34-39H,3,5,7-21,33H2,1-2H3. The summed E-state index contributed by atoms with van der Waals surface area (Å²) < 4.78 is 6.17. The van der Waals surface area contributed by atoms with Crippen molar-refractivity contribution in [2.45, 2.75) is 146 Å². The Balaban J connectivity index is 1.44. The van der Waals surface area contributed by atoms with E-state index in [-0.39, 0.29) is 30.1 Å². The SMILES string of the molecule is CCC1C#CCC(C(O)CCC2CCC(O)C(OCCCC3CCNC(N)C3)C2)C(O)CCC(NCC(C)O)C1. The highest BCUT2D eigenvalue weighted by Gasteiger charge is 2.32. The van der Waals surface area contributed by atoms with E-state index in [0.29, 0.717) is 44.2 Å². The van der Waals surface area contributed by atoms with E-state index in [4.69, 9.17) is 10.5 Å². The first-order chi connectivity index (χ1) is 19.2. The number of aliphatic hydroxyl groups excluding tert-OH is 4. The zero-order valence-electron chi connectivity index (χ0n) is 25.1. The number of hydrogen-bond acceptors (Lipinski definition) is 8. The van der Waals surface area contributed by atoms with Crippen molar-refractivity contribution in [3.05, 3.63) is 0 Å². The predicted octanol–water partition coefficient (Wildman–Crippen LogP) is 2.66. The fourth-order valence-electron chi connectivity index (χ4n) is 6.91. The molecule has 0 aromatic carbocycles. The molecule has 0 spiro atoms. The van der Waals surface area contributed by atoms with Gasteiger partial charge in [-0.3, -0.25) is 0 Å². The van der Waals surface area contributed by atoms with E-state index in [2.05, 4.69) is 29.4 Å². The summed E-state index contributed by atoms with van der Waals surface area (Å²) >= 11 is 0. The fourth-order valence-corrected chi connectivity index (χ4v) is 6.91. The second-order valence-electron chi connectivity index (χ2n) is 13.0. The minimum Gasteiger partial charge on any atom is -0.393 e. The molecule has 232 valence electrons. The Morgan fingerprint density at radius 2 is 1.77 bits per heavy atom. The van der Waals surface area contributed by atoms with Crippen molar-refractivity contribution in [1.82, 2.24) is 10.6 Å². The van der Waals surface area contributed by atoms with Crippen LogP contribution in [0.4, 0.5) is 0 Å². The number of ether oxygens (including phenoxy) is 1. The molecule has 1 aliphatic heterocycles. The summed E-state index contributed by atoms with van der Waals surface area (Å²) in [4.78, 5) is 0. The first kappa shape index (κ1) is 33.7. The Morgan fingerprint density at radius 3 is 2.52 bits per heavy atom. The van der Waals surface area contributed by atoms with Crippen molar-refractivity contribution in [2.75, 3.05) is 19.7 Å². The number of rotatable bonds is 13. The third-order valence-corrected chi connectivity index (χ3v) is 9.58. The van der Waals surface area contributed by atoms with E-state index in [9.17, 15) is 20.4 Å². The molecule has 0 bridgehead atoms. The smallest absolute Gasteiger partial charge is 0.0836 e. The molecule has 8 nitrogen and oxygen atoms in total. The Kier molecular flexibility index (Phi) is 15.2. The summed E-state index contributed by atoms with van der Waals surface area (Å²) in [6.07, 6.45) is 10.1. The zero-order valence-corrected chi connectivity index (χ0v) is 25.1. The molecule has 0 radical (unpaired) electrons. The van der Waals surface area contributed by atoms with E-state index >= 15 is 0 Å². The minimum absolute atomic E-state index is 0.114. The van der Waals surface area contributed by atoms with Crippen LogP contribution in [-0.4, -0.2) is 82.8 Å². The van der Waals surface area contributed by atoms with Gasteiger partial charge in [0, 0.05) is 37.5 Å². The molecule has 11 unspecified atom stereocenters. The lowest BCUT2D eigenvalue weighted by Gasteiger charge is -2.35. The topological polar surface area (TPSA) is 140 Å². The number of aliphatic hydroxyl groups is 4. The molecule has 2 aliphatic carbocycles. The maximum atomic E-state index is 11.2. The van der Waals surface area contributed by atoms with Gasteiger partial charge in [0.2, 0.25) is 0 Å². The molecule has 0 amide bonds. The van der Waals surface area contributed by atoms with Crippen molar-refractivity contribution < 1.29 is 25.2 Å². The monoisotopic (exact) mass is 565 g/mol. The van der Waals surface area contributed by atoms with Crippen molar-refractivity contribution in [3.8, 4) is 11.8 Å². The molecule has 8 heteroatoms. The van der Waals surface area contributed by atoms with Crippen LogP contribution in [-0.2, 0) is 4.74 Å². The van der Waals surface area contributed by atoms with Gasteiger partial charge < -0.3 is 41.5 Å². The molecule has 3 rings (SSSR count). The van der Waals surface area contributed by atoms with E-state index in [1.54, 1.807) is 6.92 Å². The third-order valence-electron chi connectivity index (χ3n) is 9.58. The molecule has 1 saturated heterocycles. The lowest BCUT2D eigenvalue weighted by atomic mass is 9.79. The van der Waals surface area contributed by atoms with Crippen molar-refractivity contribution in [2.24, 2.45) is 29.4 Å². The average molecular weight is 566 g/mol. The number of nitrogens with two attached hydrogens (primary N) is 1. The average Bonchev–Trinajstić information content (AvgIpc) is 2.93. The summed E-state index contributed by atoms with van der Waals surface area (Å²) in [5.41, 5.74) is 6.03. The van der Waals surface area contributed by atoms with Crippen LogP contribution >= 0.6 is 0 Å². The lowest BCUT2D eigenvalue weighted by Crippen LogP contribution is -2.44. The largest absolute Gasteiger partial charge is 0.393 e. The van der Waals surface area contributed by atoms with E-state index < -0.39 is 24.4 Å². The number of nitrogens with one attached hydrogen (secondary N) is 2. The van der Waals surface area contributed by atoms with Crippen LogP contribution in [0.1, 0.15) is 104 Å². The zero-order chi connectivity index (χ0) is 28.9. The van der Waals surface area contributed by atoms with Crippen LogP contribution in [0.25, 0.3) is 0 Å². The van der Waals surface area contributed by atoms with Crippen LogP contribution in [0.2, 0.25) is 0 Å². The molecule has 11 atom stereocenters. The normalized spacial score (nSPS) is 37.2. The highest BCUT2D eigenvalue weighted by Crippen LogP contribution is 2.33. The Bertz CT molecular complexity index is 759. The second kappa shape index (κ2) is 18.0. The second-order valence-corrected chi connectivity index (χ2v) is 13.0. The van der Waals surface area contributed by atoms with E-state index in [1.165, 1.54) is 6.42 Å². The molecular formula is C32H59N3O5. The molecule has 2 fully saturated rings.